The molecule has 3 aromatic rings. The predicted molar refractivity (Wildman–Crippen MR) is 114 cm³/mol. The van der Waals surface area contributed by atoms with Crippen LogP contribution in [0, 0.1) is 6.92 Å². The van der Waals surface area contributed by atoms with Gasteiger partial charge in [-0.2, -0.15) is 0 Å². The van der Waals surface area contributed by atoms with E-state index >= 15 is 0 Å². The molecule has 0 amide bonds. The van der Waals surface area contributed by atoms with E-state index in [1.807, 2.05) is 57.2 Å². The predicted octanol–water partition coefficient (Wildman–Crippen LogP) is 4.29. The van der Waals surface area contributed by atoms with Gasteiger partial charge >= 0.3 is 0 Å². The number of hydrogen-bond donors (Lipinski definition) is 2. The van der Waals surface area contributed by atoms with Crippen molar-refractivity contribution in [2.45, 2.75) is 45.1 Å². The number of nitrogens with one attached hydrogen (secondary N) is 1. The molecule has 0 bridgehead atoms. The fourth-order valence-electron chi connectivity index (χ4n) is 4.14. The Morgan fingerprint density at radius 3 is 2.77 bits per heavy atom. The number of aliphatic hydroxyl groups is 1. The largest absolute Gasteiger partial charge is 0.485 e. The molecule has 6 nitrogen and oxygen atoms in total. The summed E-state index contributed by atoms with van der Waals surface area (Å²) in [7, 11) is 0. The number of hydrogen-bond acceptors (Lipinski definition) is 6. The summed E-state index contributed by atoms with van der Waals surface area (Å²) in [5.74, 6) is 2.23. The fraction of sp³-hybridized carbons (Fsp3) is 0.348. The van der Waals surface area contributed by atoms with Crippen LogP contribution in [0.25, 0.3) is 10.9 Å². The molecule has 5 rings (SSSR count). The number of nitrogens with zero attached hydrogens (tertiary/aromatic N) is 1. The molecule has 2 N–H and O–H groups in total. The van der Waals surface area contributed by atoms with Crippen LogP contribution in [-0.4, -0.2) is 28.6 Å². The number of halogens is 1. The van der Waals surface area contributed by atoms with Crippen molar-refractivity contribution in [2.24, 2.45) is 0 Å². The minimum atomic E-state index is -0.753. The summed E-state index contributed by atoms with van der Waals surface area (Å²) in [4.78, 5) is 4.47. The molecule has 7 heteroatoms. The van der Waals surface area contributed by atoms with E-state index in [-0.39, 0.29) is 12.8 Å². The molecule has 0 fully saturated rings. The van der Waals surface area contributed by atoms with Gasteiger partial charge in [-0.15, -0.1) is 0 Å². The molecule has 2 unspecified atom stereocenters. The van der Waals surface area contributed by atoms with Gasteiger partial charge in [-0.25, -0.2) is 4.98 Å². The summed E-state index contributed by atoms with van der Waals surface area (Å²) < 4.78 is 17.0. The first-order valence-corrected chi connectivity index (χ1v) is 10.3. The van der Waals surface area contributed by atoms with E-state index in [1.54, 1.807) is 0 Å². The van der Waals surface area contributed by atoms with Crippen LogP contribution in [0.1, 0.15) is 36.6 Å². The Labute approximate surface area is 179 Å². The number of benzene rings is 2. The highest BCUT2D eigenvalue weighted by molar-refractivity contribution is 6.29. The van der Waals surface area contributed by atoms with Gasteiger partial charge in [0.25, 0.3) is 0 Å². The number of fused-ring (bicyclic) bond motifs is 3. The lowest BCUT2D eigenvalue weighted by Crippen LogP contribution is -2.52. The number of ether oxygens (including phenoxy) is 3. The van der Waals surface area contributed by atoms with Gasteiger partial charge in [-0.05, 0) is 62.2 Å². The first-order chi connectivity index (χ1) is 14.3. The van der Waals surface area contributed by atoms with Crippen molar-refractivity contribution in [3.05, 3.63) is 58.2 Å². The number of rotatable bonds is 3. The quantitative estimate of drug-likeness (QED) is 0.609. The number of pyridine rings is 1. The van der Waals surface area contributed by atoms with Crippen LogP contribution in [0.2, 0.25) is 5.15 Å². The van der Waals surface area contributed by atoms with Gasteiger partial charge in [0.15, 0.2) is 11.5 Å². The lowest BCUT2D eigenvalue weighted by atomic mass is 9.85. The molecular formula is C23H23ClN2O4. The lowest BCUT2D eigenvalue weighted by molar-refractivity contribution is -0.0647. The SMILES string of the molecule is Cc1cc(Cl)nc2cc3c(cc12)OC(C)(C)C(O)C3NCc1ccc2c(c1)OCO2. The molecule has 2 aliphatic rings. The molecule has 2 aliphatic heterocycles. The normalized spacial score (nSPS) is 21.4. The number of aromatic nitrogens is 1. The third kappa shape index (κ3) is 3.25. The van der Waals surface area contributed by atoms with Crippen molar-refractivity contribution in [3.63, 3.8) is 0 Å². The highest BCUT2D eigenvalue weighted by atomic mass is 35.5. The van der Waals surface area contributed by atoms with E-state index in [9.17, 15) is 5.11 Å². The van der Waals surface area contributed by atoms with Gasteiger partial charge in [-0.1, -0.05) is 17.7 Å². The molecule has 156 valence electrons. The van der Waals surface area contributed by atoms with Gasteiger partial charge in [0.2, 0.25) is 6.79 Å². The Hall–Kier alpha value is -2.54. The van der Waals surface area contributed by atoms with Gasteiger partial charge in [0.05, 0.1) is 11.6 Å². The summed E-state index contributed by atoms with van der Waals surface area (Å²) in [5, 5.41) is 16.0. The minimum Gasteiger partial charge on any atom is -0.485 e. The standard InChI is InChI=1S/C23H23ClN2O4/c1-12-6-20(24)26-16-8-15-18(9-14(12)16)30-23(2,3)22(27)21(15)25-10-13-4-5-17-19(7-13)29-11-28-17/h4-9,21-22,25,27H,10-11H2,1-3H3. The van der Waals surface area contributed by atoms with Crippen molar-refractivity contribution in [2.75, 3.05) is 6.79 Å². The van der Waals surface area contributed by atoms with Crippen molar-refractivity contribution < 1.29 is 19.3 Å². The van der Waals surface area contributed by atoms with Crippen molar-refractivity contribution >= 4 is 22.5 Å². The van der Waals surface area contributed by atoms with Gasteiger partial charge in [0, 0.05) is 17.5 Å². The molecule has 0 saturated carbocycles. The maximum atomic E-state index is 11.1. The highest BCUT2D eigenvalue weighted by Crippen LogP contribution is 2.42. The summed E-state index contributed by atoms with van der Waals surface area (Å²) in [6.07, 6.45) is -0.753. The van der Waals surface area contributed by atoms with Gasteiger partial charge in [-0.3, -0.25) is 0 Å². The molecular weight excluding hydrogens is 404 g/mol. The third-order valence-corrected chi connectivity index (χ3v) is 6.01. The average molecular weight is 427 g/mol. The molecule has 0 radical (unpaired) electrons. The Morgan fingerprint density at radius 2 is 1.93 bits per heavy atom. The molecule has 0 saturated heterocycles. The summed E-state index contributed by atoms with van der Waals surface area (Å²) in [6.45, 7) is 6.59. The Morgan fingerprint density at radius 1 is 1.13 bits per heavy atom. The van der Waals surface area contributed by atoms with Crippen LogP contribution < -0.4 is 19.5 Å². The first-order valence-electron chi connectivity index (χ1n) is 9.91. The second-order valence-electron chi connectivity index (χ2n) is 8.37. The Bertz CT molecular complexity index is 1150. The smallest absolute Gasteiger partial charge is 0.231 e. The lowest BCUT2D eigenvalue weighted by Gasteiger charge is -2.42. The molecule has 2 atom stereocenters. The van der Waals surface area contributed by atoms with E-state index in [4.69, 9.17) is 25.8 Å². The van der Waals surface area contributed by atoms with Crippen molar-refractivity contribution in [1.82, 2.24) is 10.3 Å². The summed E-state index contributed by atoms with van der Waals surface area (Å²) >= 11 is 6.18. The summed E-state index contributed by atoms with van der Waals surface area (Å²) in [6, 6.07) is 11.3. The average Bonchev–Trinajstić information content (AvgIpc) is 3.15. The summed E-state index contributed by atoms with van der Waals surface area (Å²) in [5.41, 5.74) is 2.97. The van der Waals surface area contributed by atoms with Gasteiger partial charge in [0.1, 0.15) is 22.6 Å². The molecule has 3 heterocycles. The Kier molecular flexibility index (Phi) is 4.54. The molecule has 30 heavy (non-hydrogen) atoms. The van der Waals surface area contributed by atoms with Crippen LogP contribution in [0.5, 0.6) is 17.2 Å². The zero-order chi connectivity index (χ0) is 21.0. The Balaban J connectivity index is 1.51. The fourth-order valence-corrected chi connectivity index (χ4v) is 4.40. The van der Waals surface area contributed by atoms with Crippen LogP contribution in [0.3, 0.4) is 0 Å². The zero-order valence-corrected chi connectivity index (χ0v) is 17.8. The third-order valence-electron chi connectivity index (χ3n) is 5.81. The van der Waals surface area contributed by atoms with Crippen LogP contribution >= 0.6 is 11.6 Å². The monoisotopic (exact) mass is 426 g/mol. The van der Waals surface area contributed by atoms with Crippen LogP contribution in [0.4, 0.5) is 0 Å². The van der Waals surface area contributed by atoms with E-state index < -0.39 is 11.7 Å². The first kappa shape index (κ1) is 19.4. The van der Waals surface area contributed by atoms with Crippen LogP contribution in [0.15, 0.2) is 36.4 Å². The highest BCUT2D eigenvalue weighted by Gasteiger charge is 2.43. The van der Waals surface area contributed by atoms with E-state index in [1.165, 1.54) is 0 Å². The van der Waals surface area contributed by atoms with Crippen LogP contribution in [-0.2, 0) is 6.54 Å². The minimum absolute atomic E-state index is 0.245. The van der Waals surface area contributed by atoms with E-state index in [2.05, 4.69) is 10.3 Å². The molecule has 0 aliphatic carbocycles. The second-order valence-corrected chi connectivity index (χ2v) is 8.75. The van der Waals surface area contributed by atoms with E-state index in [0.29, 0.717) is 11.7 Å². The molecule has 0 spiro atoms. The van der Waals surface area contributed by atoms with Crippen molar-refractivity contribution in [1.29, 1.82) is 0 Å². The second kappa shape index (κ2) is 7.01. The molecule has 1 aromatic heterocycles. The topological polar surface area (TPSA) is 72.8 Å². The molecule has 2 aromatic carbocycles. The van der Waals surface area contributed by atoms with Crippen molar-refractivity contribution in [3.8, 4) is 17.2 Å². The maximum absolute atomic E-state index is 11.1. The maximum Gasteiger partial charge on any atom is 0.231 e. The zero-order valence-electron chi connectivity index (χ0n) is 17.0. The number of aliphatic hydroxyl groups excluding tert-OH is 1. The van der Waals surface area contributed by atoms with Gasteiger partial charge < -0.3 is 24.6 Å². The van der Waals surface area contributed by atoms with E-state index in [0.717, 1.165) is 44.8 Å². The number of aryl methyl sites for hydroxylation is 1.